The van der Waals surface area contributed by atoms with Crippen molar-refractivity contribution in [3.8, 4) is 0 Å². The summed E-state index contributed by atoms with van der Waals surface area (Å²) in [4.78, 5) is 17.5. The molecule has 0 saturated heterocycles. The van der Waals surface area contributed by atoms with Gasteiger partial charge in [0.1, 0.15) is 5.60 Å². The number of nitrogens with one attached hydrogen (secondary N) is 3. The van der Waals surface area contributed by atoms with Crippen LogP contribution in [0.5, 0.6) is 0 Å². The molecule has 1 amide bonds. The molecule has 0 aromatic heterocycles. The largest absolute Gasteiger partial charge is 0.444 e. The first-order valence-corrected chi connectivity index (χ1v) is 8.92. The molecule has 28 heavy (non-hydrogen) atoms. The zero-order valence-corrected chi connectivity index (χ0v) is 20.1. The lowest BCUT2D eigenvalue weighted by Gasteiger charge is -2.27. The SMILES string of the molecule is CCNC(=NCC(C)(C)NC(=O)OC(C)(C)C)NCCN(C)CC(F)(F)F.I. The fourth-order valence-electron chi connectivity index (χ4n) is 1.99. The van der Waals surface area contributed by atoms with Gasteiger partial charge in [-0.2, -0.15) is 13.2 Å². The minimum absolute atomic E-state index is 0. The summed E-state index contributed by atoms with van der Waals surface area (Å²) >= 11 is 0. The second kappa shape index (κ2) is 12.6. The van der Waals surface area contributed by atoms with Crippen molar-refractivity contribution in [3.05, 3.63) is 0 Å². The first-order chi connectivity index (χ1) is 12.1. The van der Waals surface area contributed by atoms with Crippen molar-refractivity contribution in [1.29, 1.82) is 0 Å². The molecule has 0 unspecified atom stereocenters. The summed E-state index contributed by atoms with van der Waals surface area (Å²) in [5.41, 5.74) is -1.25. The molecule has 0 aliphatic heterocycles. The monoisotopic (exact) mass is 525 g/mol. The maximum Gasteiger partial charge on any atom is 0.408 e. The minimum atomic E-state index is -4.22. The predicted octanol–water partition coefficient (Wildman–Crippen LogP) is 2.96. The van der Waals surface area contributed by atoms with E-state index in [1.165, 1.54) is 11.9 Å². The van der Waals surface area contributed by atoms with E-state index in [-0.39, 0.29) is 37.1 Å². The highest BCUT2D eigenvalue weighted by Gasteiger charge is 2.29. The first-order valence-electron chi connectivity index (χ1n) is 8.92. The van der Waals surface area contributed by atoms with E-state index in [1.54, 1.807) is 34.6 Å². The molecule has 11 heteroatoms. The van der Waals surface area contributed by atoms with Crippen LogP contribution in [0.4, 0.5) is 18.0 Å². The molecule has 0 radical (unpaired) electrons. The van der Waals surface area contributed by atoms with E-state index in [2.05, 4.69) is 20.9 Å². The molecule has 0 aromatic rings. The zero-order valence-electron chi connectivity index (χ0n) is 17.8. The van der Waals surface area contributed by atoms with E-state index in [9.17, 15) is 18.0 Å². The van der Waals surface area contributed by atoms with Crippen LogP contribution < -0.4 is 16.0 Å². The van der Waals surface area contributed by atoms with Crippen LogP contribution in [0.25, 0.3) is 0 Å². The Morgan fingerprint density at radius 1 is 1.11 bits per heavy atom. The summed E-state index contributed by atoms with van der Waals surface area (Å²) < 4.78 is 42.2. The highest BCUT2D eigenvalue weighted by molar-refractivity contribution is 14.0. The number of carbonyl (C=O) groups excluding carboxylic acids is 1. The molecular formula is C17H35F3IN5O2. The van der Waals surface area contributed by atoms with Gasteiger partial charge >= 0.3 is 12.3 Å². The van der Waals surface area contributed by atoms with Gasteiger partial charge in [-0.05, 0) is 48.6 Å². The standard InChI is InChI=1S/C17H34F3N5O2.HI/c1-8-21-13(22-9-10-25(7)12-17(18,19)20)23-11-16(5,6)24-14(26)27-15(2,3)4;/h8-12H2,1-7H3,(H,24,26)(H2,21,22,23);1H. The summed E-state index contributed by atoms with van der Waals surface area (Å²) in [6.45, 7) is 11.3. The van der Waals surface area contributed by atoms with Gasteiger partial charge in [0.05, 0.1) is 18.6 Å². The number of halogens is 4. The van der Waals surface area contributed by atoms with Crippen molar-refractivity contribution >= 4 is 36.0 Å². The number of amides is 1. The lowest BCUT2D eigenvalue weighted by Crippen LogP contribution is -2.49. The average molecular weight is 525 g/mol. The van der Waals surface area contributed by atoms with Gasteiger partial charge in [-0.15, -0.1) is 24.0 Å². The fraction of sp³-hybridized carbons (Fsp3) is 0.882. The number of carbonyl (C=O) groups is 1. The zero-order chi connectivity index (χ0) is 21.3. The molecule has 0 heterocycles. The Labute approximate surface area is 183 Å². The summed E-state index contributed by atoms with van der Waals surface area (Å²) in [5.74, 6) is 0.469. The second-order valence-corrected chi connectivity index (χ2v) is 7.99. The molecule has 3 N–H and O–H groups in total. The number of alkyl halides is 3. The quantitative estimate of drug-likeness (QED) is 0.258. The number of likely N-dealkylation sites (N-methyl/N-ethyl adjacent to an activating group) is 1. The molecule has 0 saturated carbocycles. The van der Waals surface area contributed by atoms with Crippen molar-refractivity contribution in [2.45, 2.75) is 58.9 Å². The van der Waals surface area contributed by atoms with E-state index in [0.717, 1.165) is 0 Å². The van der Waals surface area contributed by atoms with Crippen LogP contribution in [-0.2, 0) is 4.74 Å². The lowest BCUT2D eigenvalue weighted by atomic mass is 10.1. The molecule has 0 aromatic carbocycles. The second-order valence-electron chi connectivity index (χ2n) is 7.99. The van der Waals surface area contributed by atoms with E-state index < -0.39 is 30.0 Å². The van der Waals surface area contributed by atoms with E-state index in [0.29, 0.717) is 19.0 Å². The summed E-state index contributed by atoms with van der Waals surface area (Å²) in [5, 5.41) is 8.76. The molecule has 0 spiro atoms. The molecule has 168 valence electrons. The number of hydrogen-bond acceptors (Lipinski definition) is 4. The molecule has 0 bridgehead atoms. The summed E-state index contributed by atoms with van der Waals surface area (Å²) in [6, 6.07) is 0. The van der Waals surface area contributed by atoms with Crippen molar-refractivity contribution in [2.24, 2.45) is 4.99 Å². The van der Waals surface area contributed by atoms with Crippen LogP contribution in [-0.4, -0.2) is 74.0 Å². The highest BCUT2D eigenvalue weighted by atomic mass is 127. The molecule has 0 rings (SSSR count). The number of alkyl carbamates (subject to hydrolysis) is 1. The first kappa shape index (κ1) is 29.2. The van der Waals surface area contributed by atoms with Gasteiger partial charge < -0.3 is 20.7 Å². The smallest absolute Gasteiger partial charge is 0.408 e. The molecule has 0 aliphatic rings. The van der Waals surface area contributed by atoms with Crippen LogP contribution in [0, 0.1) is 0 Å². The van der Waals surface area contributed by atoms with Crippen molar-refractivity contribution in [2.75, 3.05) is 39.8 Å². The number of rotatable bonds is 8. The van der Waals surface area contributed by atoms with Gasteiger partial charge in [-0.3, -0.25) is 9.89 Å². The van der Waals surface area contributed by atoms with Crippen LogP contribution in [0.2, 0.25) is 0 Å². The number of ether oxygens (including phenoxy) is 1. The Bertz CT molecular complexity index is 494. The Kier molecular flexibility index (Phi) is 13.1. The number of nitrogens with zero attached hydrogens (tertiary/aromatic N) is 2. The Morgan fingerprint density at radius 3 is 2.14 bits per heavy atom. The van der Waals surface area contributed by atoms with Gasteiger partial charge in [0, 0.05) is 19.6 Å². The maximum absolute atomic E-state index is 12.3. The van der Waals surface area contributed by atoms with Crippen molar-refractivity contribution in [3.63, 3.8) is 0 Å². The number of aliphatic imine (C=N–C) groups is 1. The topological polar surface area (TPSA) is 78.0 Å². The van der Waals surface area contributed by atoms with E-state index >= 15 is 0 Å². The van der Waals surface area contributed by atoms with Gasteiger partial charge in [0.2, 0.25) is 0 Å². The van der Waals surface area contributed by atoms with Crippen molar-refractivity contribution < 1.29 is 22.7 Å². The highest BCUT2D eigenvalue weighted by Crippen LogP contribution is 2.15. The Hall–Kier alpha value is -0.980. The lowest BCUT2D eigenvalue weighted by molar-refractivity contribution is -0.142. The Balaban J connectivity index is 0. The third kappa shape index (κ3) is 17.1. The fourth-order valence-corrected chi connectivity index (χ4v) is 1.99. The van der Waals surface area contributed by atoms with Crippen LogP contribution in [0.3, 0.4) is 0 Å². The van der Waals surface area contributed by atoms with Crippen LogP contribution in [0.15, 0.2) is 4.99 Å². The molecular weight excluding hydrogens is 490 g/mol. The molecule has 0 aliphatic carbocycles. The molecule has 0 atom stereocenters. The third-order valence-corrected chi connectivity index (χ3v) is 3.05. The third-order valence-electron chi connectivity index (χ3n) is 3.05. The number of hydrogen-bond donors (Lipinski definition) is 3. The average Bonchev–Trinajstić information content (AvgIpc) is 2.39. The van der Waals surface area contributed by atoms with Crippen LogP contribution >= 0.6 is 24.0 Å². The molecule has 0 fully saturated rings. The normalized spacial score (nSPS) is 13.0. The number of guanidine groups is 1. The molecule has 7 nitrogen and oxygen atoms in total. The van der Waals surface area contributed by atoms with Crippen LogP contribution in [0.1, 0.15) is 41.5 Å². The van der Waals surface area contributed by atoms with Gasteiger partial charge in [0.25, 0.3) is 0 Å². The van der Waals surface area contributed by atoms with Gasteiger partial charge in [0.15, 0.2) is 5.96 Å². The van der Waals surface area contributed by atoms with E-state index in [4.69, 9.17) is 4.74 Å². The van der Waals surface area contributed by atoms with Crippen molar-refractivity contribution in [1.82, 2.24) is 20.9 Å². The van der Waals surface area contributed by atoms with Gasteiger partial charge in [-0.1, -0.05) is 0 Å². The summed E-state index contributed by atoms with van der Waals surface area (Å²) in [7, 11) is 1.41. The Morgan fingerprint density at radius 2 is 1.68 bits per heavy atom. The van der Waals surface area contributed by atoms with Gasteiger partial charge in [-0.25, -0.2) is 4.79 Å². The van der Waals surface area contributed by atoms with E-state index in [1.807, 2.05) is 6.92 Å². The summed E-state index contributed by atoms with van der Waals surface area (Å²) in [6.07, 6.45) is -4.75. The minimum Gasteiger partial charge on any atom is -0.444 e. The maximum atomic E-state index is 12.3. The predicted molar refractivity (Wildman–Crippen MR) is 116 cm³/mol.